The summed E-state index contributed by atoms with van der Waals surface area (Å²) >= 11 is 0. The lowest BCUT2D eigenvalue weighted by Crippen LogP contribution is -2.29. The molecular formula is C17H21N3O4. The molecule has 1 aromatic carbocycles. The number of aliphatic hydroxyl groups is 2. The maximum Gasteiger partial charge on any atom is 0.351 e. The first-order valence-electron chi connectivity index (χ1n) is 7.90. The van der Waals surface area contributed by atoms with Crippen molar-refractivity contribution >= 4 is 5.82 Å². The number of ether oxygens (including phenoxy) is 1. The molecule has 0 spiro atoms. The van der Waals surface area contributed by atoms with Crippen LogP contribution in [0.3, 0.4) is 0 Å². The third-order valence-electron chi connectivity index (χ3n) is 4.13. The first-order valence-corrected chi connectivity index (χ1v) is 7.90. The highest BCUT2D eigenvalue weighted by atomic mass is 16.5. The van der Waals surface area contributed by atoms with Gasteiger partial charge in [-0.05, 0) is 12.5 Å². The smallest absolute Gasteiger partial charge is 0.351 e. The molecular weight excluding hydrogens is 310 g/mol. The molecule has 0 aliphatic carbocycles. The van der Waals surface area contributed by atoms with Gasteiger partial charge in [0.1, 0.15) is 18.1 Å². The van der Waals surface area contributed by atoms with Crippen LogP contribution in [0.15, 0.2) is 41.3 Å². The number of aliphatic hydroxyl groups excluding tert-OH is 2. The fraction of sp³-hybridized carbons (Fsp3) is 0.412. The van der Waals surface area contributed by atoms with Crippen molar-refractivity contribution in [3.8, 4) is 0 Å². The SMILES string of the molecule is Cc1cn([C@H]2C[C@@H](O)[C@H](CO)O2)c(=O)nc1NCc1ccccc1. The number of nitrogens with zero attached hydrogens (tertiary/aromatic N) is 2. The number of aryl methyl sites for hydroxylation is 1. The van der Waals surface area contributed by atoms with Crippen LogP contribution in [0.25, 0.3) is 0 Å². The minimum atomic E-state index is -0.789. The Balaban J connectivity index is 1.75. The van der Waals surface area contributed by atoms with Crippen LogP contribution in [-0.2, 0) is 11.3 Å². The van der Waals surface area contributed by atoms with Gasteiger partial charge in [0.05, 0.1) is 12.7 Å². The van der Waals surface area contributed by atoms with Gasteiger partial charge in [0, 0.05) is 24.7 Å². The van der Waals surface area contributed by atoms with Gasteiger partial charge in [0.2, 0.25) is 0 Å². The summed E-state index contributed by atoms with van der Waals surface area (Å²) in [6.45, 7) is 2.14. The first-order chi connectivity index (χ1) is 11.6. The van der Waals surface area contributed by atoms with Gasteiger partial charge < -0.3 is 20.3 Å². The predicted octanol–water partition coefficient (Wildman–Crippen LogP) is 0.805. The summed E-state index contributed by atoms with van der Waals surface area (Å²) in [6, 6.07) is 9.84. The van der Waals surface area contributed by atoms with Crippen LogP contribution in [0.4, 0.5) is 5.82 Å². The molecule has 0 saturated carbocycles. The molecule has 1 aliphatic heterocycles. The average molecular weight is 331 g/mol. The molecule has 128 valence electrons. The number of benzene rings is 1. The van der Waals surface area contributed by atoms with E-state index in [2.05, 4.69) is 10.3 Å². The molecule has 2 aromatic rings. The van der Waals surface area contributed by atoms with E-state index in [-0.39, 0.29) is 13.0 Å². The minimum Gasteiger partial charge on any atom is -0.394 e. The maximum atomic E-state index is 12.3. The van der Waals surface area contributed by atoms with Gasteiger partial charge in [-0.1, -0.05) is 30.3 Å². The largest absolute Gasteiger partial charge is 0.394 e. The summed E-state index contributed by atoms with van der Waals surface area (Å²) in [5.74, 6) is 0.525. The first kappa shape index (κ1) is 16.6. The molecule has 1 saturated heterocycles. The Labute approximate surface area is 139 Å². The van der Waals surface area contributed by atoms with Crippen molar-refractivity contribution in [2.24, 2.45) is 0 Å². The standard InChI is InChI=1S/C17H21N3O4/c1-11-9-20(15-7-13(22)14(10-21)24-15)17(23)19-16(11)18-8-12-5-3-2-4-6-12/h2-6,9,13-15,21-22H,7-8,10H2,1H3,(H,18,19,23)/t13-,14+,15-/m1/s1. The second-order valence-electron chi connectivity index (χ2n) is 5.92. The van der Waals surface area contributed by atoms with Crippen LogP contribution in [0.1, 0.15) is 23.8 Å². The quantitative estimate of drug-likeness (QED) is 0.750. The van der Waals surface area contributed by atoms with Crippen LogP contribution >= 0.6 is 0 Å². The van der Waals surface area contributed by atoms with Gasteiger partial charge in [-0.25, -0.2) is 4.79 Å². The van der Waals surface area contributed by atoms with Gasteiger partial charge in [-0.15, -0.1) is 0 Å². The van der Waals surface area contributed by atoms with E-state index in [1.165, 1.54) is 4.57 Å². The molecule has 3 N–H and O–H groups in total. The molecule has 1 aliphatic rings. The number of hydrogen-bond donors (Lipinski definition) is 3. The molecule has 1 aromatic heterocycles. The minimum absolute atomic E-state index is 0.253. The monoisotopic (exact) mass is 331 g/mol. The van der Waals surface area contributed by atoms with Crippen molar-refractivity contribution in [2.75, 3.05) is 11.9 Å². The van der Waals surface area contributed by atoms with Crippen molar-refractivity contribution in [3.63, 3.8) is 0 Å². The van der Waals surface area contributed by atoms with Gasteiger partial charge in [0.25, 0.3) is 0 Å². The van der Waals surface area contributed by atoms with E-state index in [9.17, 15) is 9.90 Å². The van der Waals surface area contributed by atoms with Crippen LogP contribution in [-0.4, -0.2) is 38.6 Å². The van der Waals surface area contributed by atoms with Crippen LogP contribution in [0.2, 0.25) is 0 Å². The second kappa shape index (κ2) is 7.12. The Morgan fingerprint density at radius 2 is 2.12 bits per heavy atom. The zero-order chi connectivity index (χ0) is 17.1. The van der Waals surface area contributed by atoms with Crippen molar-refractivity contribution in [1.82, 2.24) is 9.55 Å². The zero-order valence-corrected chi connectivity index (χ0v) is 13.4. The molecule has 2 heterocycles. The number of rotatable bonds is 5. The molecule has 3 atom stereocenters. The zero-order valence-electron chi connectivity index (χ0n) is 13.4. The number of nitrogens with one attached hydrogen (secondary N) is 1. The molecule has 0 amide bonds. The highest BCUT2D eigenvalue weighted by Crippen LogP contribution is 2.27. The van der Waals surface area contributed by atoms with E-state index in [1.807, 2.05) is 37.3 Å². The topological polar surface area (TPSA) is 96.6 Å². The summed E-state index contributed by atoms with van der Waals surface area (Å²) in [7, 11) is 0. The Morgan fingerprint density at radius 1 is 1.38 bits per heavy atom. The average Bonchev–Trinajstić information content (AvgIpc) is 2.97. The van der Waals surface area contributed by atoms with Crippen LogP contribution < -0.4 is 11.0 Å². The molecule has 24 heavy (non-hydrogen) atoms. The fourth-order valence-corrected chi connectivity index (χ4v) is 2.78. The van der Waals surface area contributed by atoms with Crippen LogP contribution in [0.5, 0.6) is 0 Å². The molecule has 0 unspecified atom stereocenters. The maximum absolute atomic E-state index is 12.3. The van der Waals surface area contributed by atoms with E-state index in [4.69, 9.17) is 9.84 Å². The van der Waals surface area contributed by atoms with Gasteiger partial charge in [-0.3, -0.25) is 4.57 Å². The lowest BCUT2D eigenvalue weighted by atomic mass is 10.2. The molecule has 0 bridgehead atoms. The van der Waals surface area contributed by atoms with E-state index in [0.717, 1.165) is 11.1 Å². The molecule has 7 heteroatoms. The predicted molar refractivity (Wildman–Crippen MR) is 88.6 cm³/mol. The number of hydrogen-bond acceptors (Lipinski definition) is 6. The van der Waals surface area contributed by atoms with Gasteiger partial charge in [-0.2, -0.15) is 4.98 Å². The van der Waals surface area contributed by atoms with Crippen molar-refractivity contribution in [2.45, 2.75) is 38.3 Å². The van der Waals surface area contributed by atoms with Gasteiger partial charge in [0.15, 0.2) is 0 Å². The van der Waals surface area contributed by atoms with Crippen LogP contribution in [0, 0.1) is 6.92 Å². The molecule has 0 radical (unpaired) electrons. The Bertz CT molecular complexity index is 747. The van der Waals surface area contributed by atoms with Gasteiger partial charge >= 0.3 is 5.69 Å². The number of anilines is 1. The summed E-state index contributed by atoms with van der Waals surface area (Å²) < 4.78 is 6.88. The van der Waals surface area contributed by atoms with Crippen molar-refractivity contribution in [3.05, 3.63) is 58.1 Å². The number of aromatic nitrogens is 2. The van der Waals surface area contributed by atoms with E-state index in [1.54, 1.807) is 6.20 Å². The van der Waals surface area contributed by atoms with E-state index < -0.39 is 24.1 Å². The highest BCUT2D eigenvalue weighted by Gasteiger charge is 2.35. The molecule has 3 rings (SSSR count). The summed E-state index contributed by atoms with van der Waals surface area (Å²) in [5.41, 5.74) is 1.44. The van der Waals surface area contributed by atoms with E-state index in [0.29, 0.717) is 12.4 Å². The molecule has 1 fully saturated rings. The lowest BCUT2D eigenvalue weighted by Gasteiger charge is -2.16. The van der Waals surface area contributed by atoms with E-state index >= 15 is 0 Å². The second-order valence-corrected chi connectivity index (χ2v) is 5.92. The third-order valence-corrected chi connectivity index (χ3v) is 4.13. The summed E-state index contributed by atoms with van der Waals surface area (Å²) in [6.07, 6.45) is -0.150. The third kappa shape index (κ3) is 3.48. The lowest BCUT2D eigenvalue weighted by molar-refractivity contribution is -0.0459. The Kier molecular flexibility index (Phi) is 4.94. The Hall–Kier alpha value is -2.22. The Morgan fingerprint density at radius 3 is 2.79 bits per heavy atom. The summed E-state index contributed by atoms with van der Waals surface area (Å²) in [5, 5.41) is 22.1. The summed E-state index contributed by atoms with van der Waals surface area (Å²) in [4.78, 5) is 16.4. The fourth-order valence-electron chi connectivity index (χ4n) is 2.78. The van der Waals surface area contributed by atoms with Crippen molar-refractivity contribution in [1.29, 1.82) is 0 Å². The molecule has 7 nitrogen and oxygen atoms in total. The van der Waals surface area contributed by atoms with Crippen molar-refractivity contribution < 1.29 is 14.9 Å². The normalized spacial score (nSPS) is 23.4. The highest BCUT2D eigenvalue weighted by molar-refractivity contribution is 5.42.